The SMILES string of the molecule is COc1cc(C)cc(C)c1C(CC1CCSCC1)NN. The number of aryl methyl sites for hydroxylation is 2. The van der Waals surface area contributed by atoms with Crippen LogP contribution < -0.4 is 16.0 Å². The maximum absolute atomic E-state index is 5.84. The first-order chi connectivity index (χ1) is 9.65. The van der Waals surface area contributed by atoms with Gasteiger partial charge in [-0.1, -0.05) is 6.07 Å². The highest BCUT2D eigenvalue weighted by atomic mass is 32.2. The van der Waals surface area contributed by atoms with Gasteiger partial charge in [-0.3, -0.25) is 11.3 Å². The van der Waals surface area contributed by atoms with Crippen LogP contribution in [0.1, 0.15) is 42.0 Å². The van der Waals surface area contributed by atoms with E-state index in [1.165, 1.54) is 41.0 Å². The van der Waals surface area contributed by atoms with E-state index in [0.717, 1.165) is 18.1 Å². The van der Waals surface area contributed by atoms with E-state index in [1.807, 2.05) is 0 Å². The Balaban J connectivity index is 2.21. The van der Waals surface area contributed by atoms with Gasteiger partial charge in [0.05, 0.1) is 13.2 Å². The van der Waals surface area contributed by atoms with Crippen molar-refractivity contribution >= 4 is 11.8 Å². The van der Waals surface area contributed by atoms with Gasteiger partial charge < -0.3 is 4.74 Å². The average molecular weight is 294 g/mol. The van der Waals surface area contributed by atoms with Gasteiger partial charge in [-0.15, -0.1) is 0 Å². The number of rotatable bonds is 5. The molecule has 1 fully saturated rings. The summed E-state index contributed by atoms with van der Waals surface area (Å²) in [6, 6.07) is 4.49. The molecule has 1 saturated heterocycles. The molecule has 1 heterocycles. The highest BCUT2D eigenvalue weighted by Gasteiger charge is 2.23. The minimum absolute atomic E-state index is 0.179. The average Bonchev–Trinajstić information content (AvgIpc) is 2.45. The Morgan fingerprint density at radius 2 is 2.05 bits per heavy atom. The van der Waals surface area contributed by atoms with E-state index in [-0.39, 0.29) is 6.04 Å². The topological polar surface area (TPSA) is 47.3 Å². The zero-order valence-electron chi connectivity index (χ0n) is 12.7. The van der Waals surface area contributed by atoms with Crippen molar-refractivity contribution in [1.29, 1.82) is 0 Å². The number of hydrazine groups is 1. The van der Waals surface area contributed by atoms with Crippen molar-refractivity contribution in [3.8, 4) is 5.75 Å². The van der Waals surface area contributed by atoms with E-state index >= 15 is 0 Å². The monoisotopic (exact) mass is 294 g/mol. The van der Waals surface area contributed by atoms with Crippen LogP contribution in [-0.4, -0.2) is 18.6 Å². The third-order valence-electron chi connectivity index (χ3n) is 4.17. The Morgan fingerprint density at radius 3 is 2.65 bits per heavy atom. The van der Waals surface area contributed by atoms with Crippen molar-refractivity contribution in [3.63, 3.8) is 0 Å². The Bertz CT molecular complexity index is 444. The van der Waals surface area contributed by atoms with E-state index in [9.17, 15) is 0 Å². The second-order valence-electron chi connectivity index (χ2n) is 5.71. The van der Waals surface area contributed by atoms with Crippen LogP contribution in [-0.2, 0) is 0 Å². The molecule has 2 rings (SSSR count). The molecule has 1 atom stereocenters. The molecule has 3 N–H and O–H groups in total. The molecule has 1 aliphatic heterocycles. The lowest BCUT2D eigenvalue weighted by atomic mass is 9.88. The molecule has 1 aromatic carbocycles. The van der Waals surface area contributed by atoms with Gasteiger partial charge >= 0.3 is 0 Å². The highest BCUT2D eigenvalue weighted by molar-refractivity contribution is 7.99. The molecule has 1 aliphatic rings. The predicted molar refractivity (Wildman–Crippen MR) is 87.2 cm³/mol. The first kappa shape index (κ1) is 15.7. The van der Waals surface area contributed by atoms with Crippen LogP contribution in [0.3, 0.4) is 0 Å². The summed E-state index contributed by atoms with van der Waals surface area (Å²) in [4.78, 5) is 0. The van der Waals surface area contributed by atoms with E-state index in [2.05, 4.69) is 43.2 Å². The third-order valence-corrected chi connectivity index (χ3v) is 5.22. The van der Waals surface area contributed by atoms with Gasteiger partial charge in [0.15, 0.2) is 0 Å². The minimum Gasteiger partial charge on any atom is -0.496 e. The van der Waals surface area contributed by atoms with Crippen LogP contribution >= 0.6 is 11.8 Å². The summed E-state index contributed by atoms with van der Waals surface area (Å²) in [5, 5.41) is 0. The van der Waals surface area contributed by atoms with E-state index in [4.69, 9.17) is 10.6 Å². The van der Waals surface area contributed by atoms with Crippen molar-refractivity contribution < 1.29 is 4.74 Å². The van der Waals surface area contributed by atoms with Gasteiger partial charge in [0.2, 0.25) is 0 Å². The standard InChI is InChI=1S/C16H26N2OS/c1-11-8-12(2)16(15(9-11)19-3)14(18-17)10-13-4-6-20-7-5-13/h8-9,13-14,18H,4-7,10,17H2,1-3H3. The maximum Gasteiger partial charge on any atom is 0.124 e. The Hall–Kier alpha value is -0.710. The molecule has 0 spiro atoms. The second-order valence-corrected chi connectivity index (χ2v) is 6.93. The van der Waals surface area contributed by atoms with E-state index in [1.54, 1.807) is 7.11 Å². The third kappa shape index (κ3) is 3.68. The number of thioether (sulfide) groups is 1. The van der Waals surface area contributed by atoms with Gasteiger partial charge in [0.25, 0.3) is 0 Å². The van der Waals surface area contributed by atoms with Crippen LogP contribution in [0.5, 0.6) is 5.75 Å². The predicted octanol–water partition coefficient (Wildman–Crippen LogP) is 3.35. The van der Waals surface area contributed by atoms with Crippen LogP contribution in [0.4, 0.5) is 0 Å². The van der Waals surface area contributed by atoms with Crippen molar-refractivity contribution in [2.75, 3.05) is 18.6 Å². The lowest BCUT2D eigenvalue weighted by molar-refractivity contribution is 0.354. The van der Waals surface area contributed by atoms with Gasteiger partial charge in [-0.2, -0.15) is 11.8 Å². The quantitative estimate of drug-likeness (QED) is 0.646. The summed E-state index contributed by atoms with van der Waals surface area (Å²) < 4.78 is 5.58. The van der Waals surface area contributed by atoms with Crippen LogP contribution in [0.25, 0.3) is 0 Å². The fourth-order valence-corrected chi connectivity index (χ4v) is 4.34. The summed E-state index contributed by atoms with van der Waals surface area (Å²) in [7, 11) is 1.74. The Labute approximate surface area is 126 Å². The number of ether oxygens (including phenoxy) is 1. The van der Waals surface area contributed by atoms with E-state index < -0.39 is 0 Å². The van der Waals surface area contributed by atoms with Crippen molar-refractivity contribution in [1.82, 2.24) is 5.43 Å². The van der Waals surface area contributed by atoms with Crippen LogP contribution in [0.15, 0.2) is 12.1 Å². The van der Waals surface area contributed by atoms with Gasteiger partial charge in [0.1, 0.15) is 5.75 Å². The number of nitrogens with two attached hydrogens (primary N) is 1. The maximum atomic E-state index is 5.84. The lowest BCUT2D eigenvalue weighted by Gasteiger charge is -2.28. The normalized spacial score (nSPS) is 18.0. The molecule has 20 heavy (non-hydrogen) atoms. The van der Waals surface area contributed by atoms with Crippen LogP contribution in [0.2, 0.25) is 0 Å². The van der Waals surface area contributed by atoms with Gasteiger partial charge in [0, 0.05) is 5.56 Å². The highest BCUT2D eigenvalue weighted by Crippen LogP contribution is 2.36. The molecule has 1 aromatic rings. The first-order valence-corrected chi connectivity index (χ1v) is 8.50. The van der Waals surface area contributed by atoms with Gasteiger partial charge in [-0.05, 0) is 67.7 Å². The number of methoxy groups -OCH3 is 1. The molecular weight excluding hydrogens is 268 g/mol. The summed E-state index contributed by atoms with van der Waals surface area (Å²) in [6.07, 6.45) is 3.70. The fraction of sp³-hybridized carbons (Fsp3) is 0.625. The van der Waals surface area contributed by atoms with Crippen molar-refractivity contribution in [2.45, 2.75) is 39.2 Å². The molecule has 0 saturated carbocycles. The van der Waals surface area contributed by atoms with Crippen LogP contribution in [0, 0.1) is 19.8 Å². The molecule has 3 nitrogen and oxygen atoms in total. The molecular formula is C16H26N2OS. The summed E-state index contributed by atoms with van der Waals surface area (Å²) in [5.41, 5.74) is 6.72. The molecule has 0 amide bonds. The van der Waals surface area contributed by atoms with E-state index in [0.29, 0.717) is 0 Å². The lowest BCUT2D eigenvalue weighted by Crippen LogP contribution is -2.31. The van der Waals surface area contributed by atoms with Gasteiger partial charge in [-0.25, -0.2) is 0 Å². The molecule has 1 unspecified atom stereocenters. The molecule has 0 aromatic heterocycles. The second kappa shape index (κ2) is 7.34. The first-order valence-electron chi connectivity index (χ1n) is 7.34. The number of nitrogens with one attached hydrogen (secondary N) is 1. The number of hydrogen-bond donors (Lipinski definition) is 2. The molecule has 0 bridgehead atoms. The number of benzene rings is 1. The van der Waals surface area contributed by atoms with Crippen molar-refractivity contribution in [3.05, 3.63) is 28.8 Å². The minimum atomic E-state index is 0.179. The smallest absolute Gasteiger partial charge is 0.124 e. The number of hydrogen-bond acceptors (Lipinski definition) is 4. The Kier molecular flexibility index (Phi) is 5.75. The largest absolute Gasteiger partial charge is 0.496 e. The molecule has 0 aliphatic carbocycles. The summed E-state index contributed by atoms with van der Waals surface area (Å²) >= 11 is 2.07. The summed E-state index contributed by atoms with van der Waals surface area (Å²) in [6.45, 7) is 4.24. The fourth-order valence-electron chi connectivity index (χ4n) is 3.14. The zero-order chi connectivity index (χ0) is 14.5. The Morgan fingerprint density at radius 1 is 1.35 bits per heavy atom. The zero-order valence-corrected chi connectivity index (χ0v) is 13.6. The van der Waals surface area contributed by atoms with Crippen molar-refractivity contribution in [2.24, 2.45) is 11.8 Å². The molecule has 112 valence electrons. The molecule has 0 radical (unpaired) electrons. The summed E-state index contributed by atoms with van der Waals surface area (Å²) in [5.74, 6) is 10.1. The molecule has 4 heteroatoms.